The number of hydrogen-bond donors (Lipinski definition) is 3. The van der Waals surface area contributed by atoms with E-state index >= 15 is 0 Å². The molecule has 0 saturated heterocycles. The fourth-order valence-corrected chi connectivity index (χ4v) is 1.55. The van der Waals surface area contributed by atoms with Gasteiger partial charge in [-0.1, -0.05) is 18.2 Å². The van der Waals surface area contributed by atoms with E-state index in [0.29, 0.717) is 6.54 Å². The number of carbonyl (C=O) groups excluding carboxylic acids is 1. The van der Waals surface area contributed by atoms with Gasteiger partial charge in [0.15, 0.2) is 0 Å². The van der Waals surface area contributed by atoms with Crippen molar-refractivity contribution in [3.05, 3.63) is 47.8 Å². The molecule has 3 N–H and O–H groups in total. The second-order valence-corrected chi connectivity index (χ2v) is 4.02. The van der Waals surface area contributed by atoms with Crippen LogP contribution in [0.4, 0.5) is 5.69 Å². The van der Waals surface area contributed by atoms with Gasteiger partial charge in [0.2, 0.25) is 5.91 Å². The van der Waals surface area contributed by atoms with Gasteiger partial charge in [0, 0.05) is 23.5 Å². The van der Waals surface area contributed by atoms with Crippen molar-refractivity contribution in [3.63, 3.8) is 0 Å². The molecule has 0 atom stereocenters. The molecule has 0 unspecified atom stereocenters. The Morgan fingerprint density at radius 3 is 2.78 bits per heavy atom. The number of hydrogen-bond acceptors (Lipinski definition) is 3. The monoisotopic (exact) mass is 244 g/mol. The van der Waals surface area contributed by atoms with Crippen LogP contribution in [0.2, 0.25) is 0 Å². The van der Waals surface area contributed by atoms with Crippen LogP contribution in [0.15, 0.2) is 36.5 Å². The maximum absolute atomic E-state index is 11.6. The van der Waals surface area contributed by atoms with Gasteiger partial charge in [-0.15, -0.1) is 0 Å². The van der Waals surface area contributed by atoms with E-state index in [1.165, 1.54) is 0 Å². The summed E-state index contributed by atoms with van der Waals surface area (Å²) >= 11 is 0. The molecule has 1 amide bonds. The zero-order valence-electron chi connectivity index (χ0n) is 10.2. The SMILES string of the molecule is Cc1[nH]ncc1CNC(=O)CNc1ccccc1. The summed E-state index contributed by atoms with van der Waals surface area (Å²) in [6, 6.07) is 9.64. The summed E-state index contributed by atoms with van der Waals surface area (Å²) in [5.74, 6) is -0.0422. The van der Waals surface area contributed by atoms with Gasteiger partial charge in [-0.05, 0) is 19.1 Å². The van der Waals surface area contributed by atoms with Crippen molar-refractivity contribution in [3.8, 4) is 0 Å². The van der Waals surface area contributed by atoms with Crippen LogP contribution in [0.25, 0.3) is 0 Å². The highest BCUT2D eigenvalue weighted by atomic mass is 16.1. The summed E-state index contributed by atoms with van der Waals surface area (Å²) in [7, 11) is 0. The summed E-state index contributed by atoms with van der Waals surface area (Å²) < 4.78 is 0. The van der Waals surface area contributed by atoms with Crippen LogP contribution < -0.4 is 10.6 Å². The number of nitrogens with zero attached hydrogens (tertiary/aromatic N) is 1. The van der Waals surface area contributed by atoms with E-state index < -0.39 is 0 Å². The molecule has 1 aromatic carbocycles. The van der Waals surface area contributed by atoms with Crippen LogP contribution in [0.1, 0.15) is 11.3 Å². The first-order chi connectivity index (χ1) is 8.75. The van der Waals surface area contributed by atoms with E-state index in [2.05, 4.69) is 20.8 Å². The Morgan fingerprint density at radius 2 is 2.11 bits per heavy atom. The third kappa shape index (κ3) is 3.35. The zero-order chi connectivity index (χ0) is 12.8. The van der Waals surface area contributed by atoms with Crippen molar-refractivity contribution < 1.29 is 4.79 Å². The fourth-order valence-electron chi connectivity index (χ4n) is 1.55. The number of para-hydroxylation sites is 1. The molecule has 5 nitrogen and oxygen atoms in total. The summed E-state index contributed by atoms with van der Waals surface area (Å²) in [6.45, 7) is 2.69. The number of rotatable bonds is 5. The Kier molecular flexibility index (Phi) is 3.96. The molecule has 0 aliphatic heterocycles. The Bertz CT molecular complexity index is 507. The normalized spacial score (nSPS) is 10.1. The molecule has 1 aromatic heterocycles. The molecular formula is C13H16N4O. The van der Waals surface area contributed by atoms with Crippen molar-refractivity contribution in [1.82, 2.24) is 15.5 Å². The Balaban J connectivity index is 1.75. The fraction of sp³-hybridized carbons (Fsp3) is 0.231. The molecule has 2 rings (SSSR count). The molecule has 0 fully saturated rings. The predicted molar refractivity (Wildman–Crippen MR) is 70.1 cm³/mol. The van der Waals surface area contributed by atoms with Gasteiger partial charge in [-0.2, -0.15) is 5.10 Å². The summed E-state index contributed by atoms with van der Waals surface area (Å²) in [5, 5.41) is 12.6. The van der Waals surface area contributed by atoms with Crippen LogP contribution in [0.3, 0.4) is 0 Å². The molecule has 1 heterocycles. The lowest BCUT2D eigenvalue weighted by molar-refractivity contribution is -0.119. The van der Waals surface area contributed by atoms with Crippen LogP contribution in [0, 0.1) is 6.92 Å². The van der Waals surface area contributed by atoms with Crippen LogP contribution in [0.5, 0.6) is 0 Å². The molecule has 0 spiro atoms. The van der Waals surface area contributed by atoms with Gasteiger partial charge in [0.05, 0.1) is 12.7 Å². The zero-order valence-corrected chi connectivity index (χ0v) is 10.2. The van der Waals surface area contributed by atoms with E-state index in [1.54, 1.807) is 6.20 Å². The molecule has 0 aliphatic carbocycles. The molecular weight excluding hydrogens is 228 g/mol. The van der Waals surface area contributed by atoms with Crippen molar-refractivity contribution in [2.75, 3.05) is 11.9 Å². The van der Waals surface area contributed by atoms with E-state index in [9.17, 15) is 4.79 Å². The quantitative estimate of drug-likeness (QED) is 0.745. The lowest BCUT2D eigenvalue weighted by Crippen LogP contribution is -2.29. The number of nitrogens with one attached hydrogen (secondary N) is 3. The Labute approximate surface area is 106 Å². The highest BCUT2D eigenvalue weighted by Gasteiger charge is 2.03. The lowest BCUT2D eigenvalue weighted by atomic mass is 10.2. The highest BCUT2D eigenvalue weighted by Crippen LogP contribution is 2.04. The van der Waals surface area contributed by atoms with Crippen molar-refractivity contribution in [2.24, 2.45) is 0 Å². The molecule has 18 heavy (non-hydrogen) atoms. The molecule has 0 aliphatic rings. The topological polar surface area (TPSA) is 69.8 Å². The average molecular weight is 244 g/mol. The largest absolute Gasteiger partial charge is 0.376 e. The van der Waals surface area contributed by atoms with Gasteiger partial charge in [-0.3, -0.25) is 9.89 Å². The van der Waals surface area contributed by atoms with Crippen LogP contribution in [-0.4, -0.2) is 22.6 Å². The third-order valence-electron chi connectivity index (χ3n) is 2.64. The minimum Gasteiger partial charge on any atom is -0.376 e. The number of H-pyrrole nitrogens is 1. The van der Waals surface area contributed by atoms with E-state index in [4.69, 9.17) is 0 Å². The van der Waals surface area contributed by atoms with Crippen LogP contribution >= 0.6 is 0 Å². The maximum Gasteiger partial charge on any atom is 0.239 e. The van der Waals surface area contributed by atoms with Crippen molar-refractivity contribution in [1.29, 1.82) is 0 Å². The number of amides is 1. The van der Waals surface area contributed by atoms with Crippen molar-refractivity contribution in [2.45, 2.75) is 13.5 Å². The molecule has 5 heteroatoms. The minimum atomic E-state index is -0.0422. The first-order valence-electron chi connectivity index (χ1n) is 5.80. The minimum absolute atomic E-state index is 0.0422. The lowest BCUT2D eigenvalue weighted by Gasteiger charge is -2.07. The number of aromatic amines is 1. The van der Waals surface area contributed by atoms with Gasteiger partial charge < -0.3 is 10.6 Å². The number of carbonyl (C=O) groups is 1. The van der Waals surface area contributed by atoms with Gasteiger partial charge >= 0.3 is 0 Å². The summed E-state index contributed by atoms with van der Waals surface area (Å²) in [6.07, 6.45) is 1.72. The number of anilines is 1. The van der Waals surface area contributed by atoms with Crippen molar-refractivity contribution >= 4 is 11.6 Å². The van der Waals surface area contributed by atoms with Gasteiger partial charge in [-0.25, -0.2) is 0 Å². The first kappa shape index (κ1) is 12.2. The maximum atomic E-state index is 11.6. The molecule has 94 valence electrons. The second-order valence-electron chi connectivity index (χ2n) is 4.02. The Hall–Kier alpha value is -2.30. The van der Waals surface area contributed by atoms with E-state index in [1.807, 2.05) is 37.3 Å². The third-order valence-corrected chi connectivity index (χ3v) is 2.64. The molecule has 0 bridgehead atoms. The number of aromatic nitrogens is 2. The summed E-state index contributed by atoms with van der Waals surface area (Å²) in [4.78, 5) is 11.6. The average Bonchev–Trinajstić information content (AvgIpc) is 2.81. The number of aryl methyl sites for hydroxylation is 1. The Morgan fingerprint density at radius 1 is 1.33 bits per heavy atom. The van der Waals surface area contributed by atoms with Gasteiger partial charge in [0.25, 0.3) is 0 Å². The smallest absolute Gasteiger partial charge is 0.239 e. The highest BCUT2D eigenvalue weighted by molar-refractivity contribution is 5.80. The summed E-state index contributed by atoms with van der Waals surface area (Å²) in [5.41, 5.74) is 2.92. The second kappa shape index (κ2) is 5.86. The standard InChI is InChI=1S/C13H16N4O/c1-10-11(8-16-17-10)7-15-13(18)9-14-12-5-3-2-4-6-12/h2-6,8,14H,7,9H2,1H3,(H,15,18)(H,16,17). The number of benzene rings is 1. The molecule has 0 saturated carbocycles. The van der Waals surface area contributed by atoms with E-state index in [0.717, 1.165) is 16.9 Å². The predicted octanol–water partition coefficient (Wildman–Crippen LogP) is 1.45. The molecule has 2 aromatic rings. The van der Waals surface area contributed by atoms with E-state index in [-0.39, 0.29) is 12.5 Å². The first-order valence-corrected chi connectivity index (χ1v) is 5.80. The molecule has 0 radical (unpaired) electrons. The van der Waals surface area contributed by atoms with Crippen LogP contribution in [-0.2, 0) is 11.3 Å². The van der Waals surface area contributed by atoms with Gasteiger partial charge in [0.1, 0.15) is 0 Å².